The Morgan fingerprint density at radius 2 is 2.00 bits per heavy atom. The third-order valence-corrected chi connectivity index (χ3v) is 4.34. The molecule has 2 heterocycles. The maximum absolute atomic E-state index is 13.4. The van der Waals surface area contributed by atoms with Gasteiger partial charge >= 0.3 is 6.18 Å². The number of hydrogen-bond donors (Lipinski definition) is 0. The van der Waals surface area contributed by atoms with E-state index in [2.05, 4.69) is 10.1 Å². The molecule has 0 aromatic carbocycles. The van der Waals surface area contributed by atoms with Gasteiger partial charge in [-0.2, -0.15) is 18.3 Å². The molecule has 3 rings (SSSR count). The molecule has 25 heavy (non-hydrogen) atoms. The Kier molecular flexibility index (Phi) is 4.45. The Morgan fingerprint density at radius 3 is 2.64 bits per heavy atom. The summed E-state index contributed by atoms with van der Waals surface area (Å²) in [5.41, 5.74) is 0.674. The number of alkyl halides is 4. The first-order chi connectivity index (χ1) is 11.7. The molecule has 1 atom stereocenters. The highest BCUT2D eigenvalue weighted by Crippen LogP contribution is 2.30. The van der Waals surface area contributed by atoms with Gasteiger partial charge in [0.1, 0.15) is 11.5 Å². The van der Waals surface area contributed by atoms with Gasteiger partial charge in [-0.1, -0.05) is 6.08 Å². The molecular formula is C17H14ClF4N3. The van der Waals surface area contributed by atoms with Gasteiger partial charge in [-0.05, 0) is 36.3 Å². The summed E-state index contributed by atoms with van der Waals surface area (Å²) in [5, 5.41) is 4.72. The molecule has 0 spiro atoms. The van der Waals surface area contributed by atoms with Gasteiger partial charge in [0.15, 0.2) is 0 Å². The van der Waals surface area contributed by atoms with Crippen molar-refractivity contribution >= 4 is 29.0 Å². The fourth-order valence-electron chi connectivity index (χ4n) is 2.96. The highest BCUT2D eigenvalue weighted by Gasteiger charge is 2.34. The van der Waals surface area contributed by atoms with Crippen molar-refractivity contribution in [3.05, 3.63) is 52.1 Å². The third kappa shape index (κ3) is 3.33. The second kappa shape index (κ2) is 6.29. The van der Waals surface area contributed by atoms with E-state index in [4.69, 9.17) is 11.6 Å². The van der Waals surface area contributed by atoms with Crippen molar-refractivity contribution in [2.24, 2.45) is 12.0 Å². The molecule has 0 saturated carbocycles. The summed E-state index contributed by atoms with van der Waals surface area (Å²) >= 11 is 6.23. The number of rotatable bonds is 0. The molecule has 8 heteroatoms. The van der Waals surface area contributed by atoms with E-state index in [-0.39, 0.29) is 6.42 Å². The van der Waals surface area contributed by atoms with E-state index in [1.807, 2.05) is 0 Å². The van der Waals surface area contributed by atoms with Gasteiger partial charge < -0.3 is 0 Å². The lowest BCUT2D eigenvalue weighted by Crippen LogP contribution is -2.35. The zero-order valence-electron chi connectivity index (χ0n) is 13.4. The average molecular weight is 372 g/mol. The fourth-order valence-corrected chi connectivity index (χ4v) is 3.27. The standard InChI is InChI=1S/C17H14ClF4N3/c1-9-15(12-4-3-11(19)8-13(12)18)16(25(2)24-9)10-5-6-23-14(7-10)17(20,21)22/h3-4,6-8,13H,5H2,1-2H3. The van der Waals surface area contributed by atoms with E-state index in [0.29, 0.717) is 27.4 Å². The zero-order valence-corrected chi connectivity index (χ0v) is 14.2. The van der Waals surface area contributed by atoms with Crippen LogP contribution in [0.5, 0.6) is 0 Å². The van der Waals surface area contributed by atoms with Gasteiger partial charge in [0.05, 0.1) is 16.4 Å². The van der Waals surface area contributed by atoms with Gasteiger partial charge in [-0.25, -0.2) is 4.39 Å². The maximum Gasteiger partial charge on any atom is 0.433 e. The molecule has 0 radical (unpaired) electrons. The lowest BCUT2D eigenvalue weighted by molar-refractivity contribution is -0.0923. The molecule has 0 fully saturated rings. The summed E-state index contributed by atoms with van der Waals surface area (Å²) in [5.74, 6) is -0.455. The van der Waals surface area contributed by atoms with Crippen molar-refractivity contribution in [1.29, 1.82) is 0 Å². The molecule has 1 aliphatic carbocycles. The third-order valence-electron chi connectivity index (χ3n) is 3.98. The molecule has 0 N–H and O–H groups in total. The summed E-state index contributed by atoms with van der Waals surface area (Å²) in [4.78, 5) is 3.43. The van der Waals surface area contributed by atoms with Crippen LogP contribution in [0.25, 0.3) is 11.1 Å². The van der Waals surface area contributed by atoms with Crippen molar-refractivity contribution in [3.63, 3.8) is 0 Å². The number of aromatic nitrogens is 2. The van der Waals surface area contributed by atoms with Crippen molar-refractivity contribution in [2.45, 2.75) is 24.9 Å². The normalized spacial score (nSPS) is 25.2. The molecule has 1 aliphatic heterocycles. The van der Waals surface area contributed by atoms with E-state index in [1.54, 1.807) is 14.0 Å². The second-order valence-corrected chi connectivity index (χ2v) is 6.21. The number of nitrogens with zero attached hydrogens (tertiary/aromatic N) is 3. The van der Waals surface area contributed by atoms with Crippen LogP contribution >= 0.6 is 11.6 Å². The number of halogens is 5. The Bertz CT molecular complexity index is 961. The van der Waals surface area contributed by atoms with Crippen LogP contribution in [0.4, 0.5) is 17.6 Å². The predicted molar refractivity (Wildman–Crippen MR) is 89.2 cm³/mol. The monoisotopic (exact) mass is 371 g/mol. The van der Waals surface area contributed by atoms with E-state index in [1.165, 1.54) is 29.1 Å². The number of aryl methyl sites for hydroxylation is 2. The van der Waals surface area contributed by atoms with Crippen molar-refractivity contribution in [3.8, 4) is 0 Å². The molecular weight excluding hydrogens is 358 g/mol. The van der Waals surface area contributed by atoms with Gasteiger partial charge in [0, 0.05) is 24.9 Å². The number of hydrogen-bond acceptors (Lipinski definition) is 2. The number of allylic oxidation sites excluding steroid dienone is 6. The van der Waals surface area contributed by atoms with Crippen LogP contribution < -0.4 is 10.6 Å². The van der Waals surface area contributed by atoms with Crippen LogP contribution in [0.3, 0.4) is 0 Å². The SMILES string of the molecule is Cc1nn(C)c(=C2C=C(C(F)(F)F)N=CC2)c1=C1C=CC(F)=CC1Cl. The molecule has 1 aromatic rings. The van der Waals surface area contributed by atoms with Crippen molar-refractivity contribution < 1.29 is 17.6 Å². The van der Waals surface area contributed by atoms with E-state index < -0.39 is 23.1 Å². The summed E-state index contributed by atoms with van der Waals surface area (Å²) in [6.45, 7) is 1.74. The molecule has 132 valence electrons. The average Bonchev–Trinajstić information content (AvgIpc) is 2.81. The van der Waals surface area contributed by atoms with Crippen molar-refractivity contribution in [1.82, 2.24) is 9.78 Å². The lowest BCUT2D eigenvalue weighted by Gasteiger charge is -2.13. The molecule has 1 unspecified atom stereocenters. The fraction of sp³-hybridized carbons (Fsp3) is 0.294. The zero-order chi connectivity index (χ0) is 18.4. The van der Waals surface area contributed by atoms with Crippen LogP contribution in [-0.2, 0) is 7.05 Å². The first-order valence-corrected chi connectivity index (χ1v) is 7.90. The lowest BCUT2D eigenvalue weighted by atomic mass is 10.0. The van der Waals surface area contributed by atoms with E-state index >= 15 is 0 Å². The molecule has 0 saturated heterocycles. The van der Waals surface area contributed by atoms with Crippen LogP contribution in [0.2, 0.25) is 0 Å². The van der Waals surface area contributed by atoms with E-state index in [9.17, 15) is 17.6 Å². The largest absolute Gasteiger partial charge is 0.433 e. The topological polar surface area (TPSA) is 30.2 Å². The molecule has 3 nitrogen and oxygen atoms in total. The molecule has 1 aromatic heterocycles. The minimum Gasteiger partial charge on any atom is -0.267 e. The van der Waals surface area contributed by atoms with Crippen LogP contribution in [0.1, 0.15) is 12.1 Å². The molecule has 0 bridgehead atoms. The number of aliphatic imine (C=N–C) groups is 1. The van der Waals surface area contributed by atoms with E-state index in [0.717, 1.165) is 6.08 Å². The Balaban J connectivity index is 2.36. The first-order valence-electron chi connectivity index (χ1n) is 7.46. The van der Waals surface area contributed by atoms with Gasteiger partial charge in [0.25, 0.3) is 0 Å². The predicted octanol–water partition coefficient (Wildman–Crippen LogP) is 2.98. The highest BCUT2D eigenvalue weighted by atomic mass is 35.5. The summed E-state index contributed by atoms with van der Waals surface area (Å²) in [7, 11) is 1.65. The summed E-state index contributed by atoms with van der Waals surface area (Å²) in [6.07, 6.45) is 2.00. The Hall–Kier alpha value is -2.15. The smallest absolute Gasteiger partial charge is 0.267 e. The molecule has 0 amide bonds. The minimum absolute atomic E-state index is 0.236. The van der Waals surface area contributed by atoms with Crippen LogP contribution in [0.15, 0.2) is 40.8 Å². The van der Waals surface area contributed by atoms with Crippen LogP contribution in [0, 0.1) is 6.92 Å². The Morgan fingerprint density at radius 1 is 1.28 bits per heavy atom. The summed E-state index contributed by atoms with van der Waals surface area (Å²) < 4.78 is 53.9. The summed E-state index contributed by atoms with van der Waals surface area (Å²) in [6, 6.07) is 0. The van der Waals surface area contributed by atoms with Gasteiger partial charge in [0.2, 0.25) is 0 Å². The highest BCUT2D eigenvalue weighted by molar-refractivity contribution is 6.27. The molecule has 2 aliphatic rings. The van der Waals surface area contributed by atoms with Gasteiger partial charge in [-0.3, -0.25) is 9.67 Å². The first kappa shape index (κ1) is 17.7. The van der Waals surface area contributed by atoms with Crippen molar-refractivity contribution in [2.75, 3.05) is 0 Å². The Labute approximate surface area is 146 Å². The van der Waals surface area contributed by atoms with Crippen LogP contribution in [-0.4, -0.2) is 27.5 Å². The van der Waals surface area contributed by atoms with Gasteiger partial charge in [-0.15, -0.1) is 11.6 Å². The minimum atomic E-state index is -4.53. The quantitative estimate of drug-likeness (QED) is 0.509. The second-order valence-electron chi connectivity index (χ2n) is 5.74. The maximum atomic E-state index is 13.4.